The highest BCUT2D eigenvalue weighted by Crippen LogP contribution is 2.29. The number of Topliss-reactive ketones (excluding diaryl/α,β-unsaturated/α-hetero) is 1. The lowest BCUT2D eigenvalue weighted by Crippen LogP contribution is -2.23. The Labute approximate surface area is 119 Å². The molecule has 0 radical (unpaired) electrons. The lowest BCUT2D eigenvalue weighted by Gasteiger charge is -2.21. The van der Waals surface area contributed by atoms with Crippen LogP contribution in [0.15, 0.2) is 60.7 Å². The number of carbonyl (C=O) groups is 1. The fraction of sp³-hybridized carbons (Fsp3) is 0.235. The lowest BCUT2D eigenvalue weighted by molar-refractivity contribution is 0.0983. The smallest absolute Gasteiger partial charge is 0.176 e. The molecule has 2 unspecified atom stereocenters. The molecule has 2 aromatic rings. The maximum absolute atomic E-state index is 12.6. The first-order valence-corrected chi connectivity index (χ1v) is 7.70. The molecule has 2 rings (SSSR count). The fourth-order valence-corrected chi connectivity index (χ4v) is 3.15. The van der Waals surface area contributed by atoms with Crippen LogP contribution in [0.4, 0.5) is 0 Å². The van der Waals surface area contributed by atoms with Crippen LogP contribution in [-0.4, -0.2) is 17.3 Å². The second-order valence-electron chi connectivity index (χ2n) is 4.59. The molecule has 0 aliphatic heterocycles. The Balaban J connectivity index is 2.23. The monoisotopic (exact) mass is 270 g/mol. The minimum Gasteiger partial charge on any atom is -0.293 e. The second-order valence-corrected chi connectivity index (χ2v) is 5.57. The van der Waals surface area contributed by atoms with Gasteiger partial charge in [-0.2, -0.15) is 11.8 Å². The number of ketones is 1. The topological polar surface area (TPSA) is 17.1 Å². The number of hydrogen-bond acceptors (Lipinski definition) is 2. The molecule has 1 nitrogen and oxygen atoms in total. The van der Waals surface area contributed by atoms with Crippen LogP contribution in [-0.2, 0) is 0 Å². The third-order valence-electron chi connectivity index (χ3n) is 3.35. The molecule has 0 N–H and O–H groups in total. The van der Waals surface area contributed by atoms with Crippen LogP contribution >= 0.6 is 11.8 Å². The zero-order valence-corrected chi connectivity index (χ0v) is 12.1. The Bertz CT molecular complexity index is 521. The third-order valence-corrected chi connectivity index (χ3v) is 4.48. The molecule has 0 aromatic heterocycles. The summed E-state index contributed by atoms with van der Waals surface area (Å²) in [5, 5.41) is -0.0372. The van der Waals surface area contributed by atoms with Crippen molar-refractivity contribution in [3.63, 3.8) is 0 Å². The molecule has 0 saturated carbocycles. The van der Waals surface area contributed by atoms with E-state index in [0.717, 1.165) is 5.56 Å². The quantitative estimate of drug-likeness (QED) is 0.749. The first-order valence-electron chi connectivity index (χ1n) is 6.41. The van der Waals surface area contributed by atoms with E-state index in [1.165, 1.54) is 5.56 Å². The summed E-state index contributed by atoms with van der Waals surface area (Å²) < 4.78 is 0. The zero-order valence-electron chi connectivity index (χ0n) is 11.2. The lowest BCUT2D eigenvalue weighted by atomic mass is 9.92. The molecule has 0 saturated heterocycles. The molecule has 0 fully saturated rings. The molecule has 0 amide bonds. The van der Waals surface area contributed by atoms with E-state index in [2.05, 4.69) is 19.1 Å². The van der Waals surface area contributed by atoms with E-state index < -0.39 is 0 Å². The van der Waals surface area contributed by atoms with Crippen LogP contribution in [0.25, 0.3) is 0 Å². The third kappa shape index (κ3) is 3.27. The van der Waals surface area contributed by atoms with Crippen molar-refractivity contribution >= 4 is 17.5 Å². The van der Waals surface area contributed by atoms with E-state index in [0.29, 0.717) is 0 Å². The van der Waals surface area contributed by atoms with Crippen LogP contribution in [0.3, 0.4) is 0 Å². The van der Waals surface area contributed by atoms with Gasteiger partial charge in [-0.3, -0.25) is 4.79 Å². The molecule has 2 heteroatoms. The van der Waals surface area contributed by atoms with Crippen molar-refractivity contribution in [2.45, 2.75) is 18.1 Å². The molecule has 2 aromatic carbocycles. The molecule has 2 atom stereocenters. The van der Waals surface area contributed by atoms with Crippen molar-refractivity contribution < 1.29 is 4.79 Å². The molecule has 0 spiro atoms. The van der Waals surface area contributed by atoms with Gasteiger partial charge in [-0.25, -0.2) is 0 Å². The summed E-state index contributed by atoms with van der Waals surface area (Å²) in [5.41, 5.74) is 2.01. The summed E-state index contributed by atoms with van der Waals surface area (Å²) in [6, 6.07) is 19.8. The van der Waals surface area contributed by atoms with Crippen molar-refractivity contribution in [3.05, 3.63) is 71.8 Å². The summed E-state index contributed by atoms with van der Waals surface area (Å²) in [6.07, 6.45) is 2.00. The molecule has 0 bridgehead atoms. The van der Waals surface area contributed by atoms with Gasteiger partial charge in [0, 0.05) is 11.5 Å². The van der Waals surface area contributed by atoms with E-state index in [-0.39, 0.29) is 17.0 Å². The van der Waals surface area contributed by atoms with Gasteiger partial charge in [0.2, 0.25) is 0 Å². The van der Waals surface area contributed by atoms with Gasteiger partial charge in [0.25, 0.3) is 0 Å². The summed E-state index contributed by atoms with van der Waals surface area (Å²) in [5.74, 6) is 0.424. The Morgan fingerprint density at radius 1 is 0.947 bits per heavy atom. The molecular weight excluding hydrogens is 252 g/mol. The first-order chi connectivity index (χ1) is 9.24. The number of hydrogen-bond donors (Lipinski definition) is 0. The fourth-order valence-electron chi connectivity index (χ4n) is 2.24. The van der Waals surface area contributed by atoms with Crippen molar-refractivity contribution in [1.29, 1.82) is 0 Å². The first kappa shape index (κ1) is 13.9. The zero-order chi connectivity index (χ0) is 13.7. The maximum atomic E-state index is 12.6. The summed E-state index contributed by atoms with van der Waals surface area (Å²) in [6.45, 7) is 2.12. The summed E-state index contributed by atoms with van der Waals surface area (Å²) >= 11 is 1.63. The van der Waals surface area contributed by atoms with Crippen molar-refractivity contribution in [2.24, 2.45) is 0 Å². The van der Waals surface area contributed by atoms with E-state index in [9.17, 15) is 4.79 Å². The van der Waals surface area contributed by atoms with Crippen LogP contribution in [0.2, 0.25) is 0 Å². The minimum atomic E-state index is -0.0372. The number of benzene rings is 2. The van der Waals surface area contributed by atoms with Gasteiger partial charge in [0.1, 0.15) is 0 Å². The Morgan fingerprint density at radius 2 is 1.47 bits per heavy atom. The normalized spacial score (nSPS) is 13.8. The molecule has 98 valence electrons. The number of rotatable bonds is 5. The predicted molar refractivity (Wildman–Crippen MR) is 82.9 cm³/mol. The predicted octanol–water partition coefficient (Wildman–Crippen LogP) is 4.40. The highest BCUT2D eigenvalue weighted by atomic mass is 32.2. The van der Waals surface area contributed by atoms with Gasteiger partial charge in [0.15, 0.2) is 5.78 Å². The van der Waals surface area contributed by atoms with E-state index in [1.54, 1.807) is 11.8 Å². The highest BCUT2D eigenvalue weighted by molar-refractivity contribution is 8.00. The molecular formula is C17H18OS. The molecule has 0 heterocycles. The Hall–Kier alpha value is -1.54. The van der Waals surface area contributed by atoms with Crippen LogP contribution in [0.1, 0.15) is 28.8 Å². The van der Waals surface area contributed by atoms with Gasteiger partial charge in [0.05, 0.1) is 5.25 Å². The number of carbonyl (C=O) groups excluding carboxylic acids is 1. The van der Waals surface area contributed by atoms with Gasteiger partial charge in [-0.1, -0.05) is 67.6 Å². The summed E-state index contributed by atoms with van der Waals surface area (Å²) in [4.78, 5) is 12.6. The summed E-state index contributed by atoms with van der Waals surface area (Å²) in [7, 11) is 0. The second kappa shape index (κ2) is 6.58. The standard InChI is InChI=1S/C17H18OS/c1-13(14-9-5-3-6-10-14)17(19-2)16(18)15-11-7-4-8-12-15/h3-13,17H,1-2H3. The largest absolute Gasteiger partial charge is 0.293 e. The van der Waals surface area contributed by atoms with E-state index in [1.807, 2.05) is 54.8 Å². The van der Waals surface area contributed by atoms with E-state index >= 15 is 0 Å². The molecule has 19 heavy (non-hydrogen) atoms. The van der Waals surface area contributed by atoms with Crippen molar-refractivity contribution in [2.75, 3.05) is 6.26 Å². The van der Waals surface area contributed by atoms with Gasteiger partial charge < -0.3 is 0 Å². The average Bonchev–Trinajstić information content (AvgIpc) is 2.49. The molecule has 0 aliphatic carbocycles. The SMILES string of the molecule is CSC(C(=O)c1ccccc1)C(C)c1ccccc1. The van der Waals surface area contributed by atoms with Crippen LogP contribution in [0, 0.1) is 0 Å². The van der Waals surface area contributed by atoms with Crippen LogP contribution in [0.5, 0.6) is 0 Å². The van der Waals surface area contributed by atoms with Crippen molar-refractivity contribution in [3.8, 4) is 0 Å². The van der Waals surface area contributed by atoms with Gasteiger partial charge >= 0.3 is 0 Å². The number of thioether (sulfide) groups is 1. The Morgan fingerprint density at radius 3 is 2.00 bits per heavy atom. The van der Waals surface area contributed by atoms with Crippen LogP contribution < -0.4 is 0 Å². The van der Waals surface area contributed by atoms with Gasteiger partial charge in [-0.05, 0) is 11.8 Å². The Kier molecular flexibility index (Phi) is 4.80. The average molecular weight is 270 g/mol. The highest BCUT2D eigenvalue weighted by Gasteiger charge is 2.26. The maximum Gasteiger partial charge on any atom is 0.176 e. The minimum absolute atomic E-state index is 0.0372. The molecule has 0 aliphatic rings. The van der Waals surface area contributed by atoms with Gasteiger partial charge in [-0.15, -0.1) is 0 Å². The van der Waals surface area contributed by atoms with Crippen molar-refractivity contribution in [1.82, 2.24) is 0 Å². The van der Waals surface area contributed by atoms with E-state index in [4.69, 9.17) is 0 Å².